The number of nitrogens with one attached hydrogen (secondary N) is 2. The highest BCUT2D eigenvalue weighted by molar-refractivity contribution is 5.96. The van der Waals surface area contributed by atoms with Gasteiger partial charge in [-0.2, -0.15) is 5.10 Å². The number of carbonyl (C=O) groups is 1. The number of benzene rings is 1. The van der Waals surface area contributed by atoms with E-state index in [-0.39, 0.29) is 17.9 Å². The minimum atomic E-state index is -0.189. The van der Waals surface area contributed by atoms with Gasteiger partial charge in [-0.25, -0.2) is 9.67 Å². The standard InChI is InChI=1S/C20H21N5O3/c1-24-20(27)15-6-3-2-5-14(15)17(23-24)13-18(26)22-16-7-4-8-21-19(16)25-9-11-28-12-10-25/h2-8H,9-13H2,1H3,(H,22,26)/p+1. The van der Waals surface area contributed by atoms with Crippen molar-refractivity contribution in [2.45, 2.75) is 6.42 Å². The summed E-state index contributed by atoms with van der Waals surface area (Å²) in [5.74, 6) is 0.669. The molecule has 0 atom stereocenters. The Kier molecular flexibility index (Phi) is 5.03. The van der Waals surface area contributed by atoms with E-state index in [0.717, 1.165) is 18.9 Å². The zero-order valence-electron chi connectivity index (χ0n) is 15.6. The first-order chi connectivity index (χ1) is 13.6. The molecule has 1 aromatic carbocycles. The van der Waals surface area contributed by atoms with E-state index in [2.05, 4.69) is 20.3 Å². The van der Waals surface area contributed by atoms with Crippen LogP contribution in [0.3, 0.4) is 0 Å². The van der Waals surface area contributed by atoms with Crippen LogP contribution >= 0.6 is 0 Å². The zero-order chi connectivity index (χ0) is 19.5. The zero-order valence-corrected chi connectivity index (χ0v) is 15.6. The normalized spacial score (nSPS) is 14.2. The van der Waals surface area contributed by atoms with Crippen LogP contribution in [0.25, 0.3) is 10.8 Å². The molecule has 0 saturated carbocycles. The number of aromatic nitrogens is 3. The molecule has 0 unspecified atom stereocenters. The minimum Gasteiger partial charge on any atom is -0.373 e. The Morgan fingerprint density at radius 3 is 2.71 bits per heavy atom. The van der Waals surface area contributed by atoms with Crippen LogP contribution in [0.2, 0.25) is 0 Å². The van der Waals surface area contributed by atoms with Gasteiger partial charge in [-0.15, -0.1) is 0 Å². The summed E-state index contributed by atoms with van der Waals surface area (Å²) in [6, 6.07) is 10.9. The molecule has 0 spiro atoms. The van der Waals surface area contributed by atoms with E-state index < -0.39 is 0 Å². The third-order valence-electron chi connectivity index (χ3n) is 4.80. The Bertz CT molecular complexity index is 1070. The second-order valence-corrected chi connectivity index (χ2v) is 6.68. The molecule has 3 aromatic rings. The highest BCUT2D eigenvalue weighted by Gasteiger charge is 2.24. The molecule has 144 valence electrons. The van der Waals surface area contributed by atoms with Crippen LogP contribution < -0.4 is 20.8 Å². The molecule has 0 radical (unpaired) electrons. The molecule has 1 aliphatic heterocycles. The van der Waals surface area contributed by atoms with Gasteiger partial charge in [0.05, 0.1) is 36.9 Å². The van der Waals surface area contributed by atoms with Crippen molar-refractivity contribution >= 4 is 28.2 Å². The number of pyridine rings is 1. The van der Waals surface area contributed by atoms with E-state index in [1.54, 1.807) is 13.1 Å². The predicted molar refractivity (Wildman–Crippen MR) is 105 cm³/mol. The second-order valence-electron chi connectivity index (χ2n) is 6.68. The molecule has 8 heteroatoms. The summed E-state index contributed by atoms with van der Waals surface area (Å²) in [5, 5.41) is 8.54. The van der Waals surface area contributed by atoms with Gasteiger partial charge >= 0.3 is 0 Å². The molecule has 1 amide bonds. The summed E-state index contributed by atoms with van der Waals surface area (Å²) in [7, 11) is 1.60. The maximum Gasteiger partial charge on any atom is 0.298 e. The number of morpholine rings is 1. The molecular formula is C20H22N5O3+. The molecule has 0 bridgehead atoms. The molecule has 2 aromatic heterocycles. The van der Waals surface area contributed by atoms with Crippen molar-refractivity contribution in [3.63, 3.8) is 0 Å². The number of fused-ring (bicyclic) bond motifs is 1. The maximum atomic E-state index is 12.8. The molecule has 0 aliphatic carbocycles. The fraction of sp³-hybridized carbons (Fsp3) is 0.300. The van der Waals surface area contributed by atoms with Crippen molar-refractivity contribution in [3.05, 3.63) is 58.6 Å². The van der Waals surface area contributed by atoms with Crippen LogP contribution in [0.5, 0.6) is 0 Å². The van der Waals surface area contributed by atoms with Crippen LogP contribution in [-0.2, 0) is 23.0 Å². The van der Waals surface area contributed by atoms with Gasteiger partial charge < -0.3 is 10.1 Å². The van der Waals surface area contributed by atoms with E-state index in [0.29, 0.717) is 35.4 Å². The predicted octanol–water partition coefficient (Wildman–Crippen LogP) is 0.765. The number of hydrogen-bond acceptors (Lipinski definition) is 5. The van der Waals surface area contributed by atoms with Gasteiger partial charge in [0, 0.05) is 12.4 Å². The Hall–Kier alpha value is -3.26. The topological polar surface area (TPSA) is 90.6 Å². The van der Waals surface area contributed by atoms with Crippen LogP contribution in [0.15, 0.2) is 47.4 Å². The van der Waals surface area contributed by atoms with Gasteiger partial charge in [0.2, 0.25) is 5.91 Å². The number of anilines is 2. The van der Waals surface area contributed by atoms with Crippen molar-refractivity contribution in [2.75, 3.05) is 36.5 Å². The first-order valence-electron chi connectivity index (χ1n) is 9.21. The lowest BCUT2D eigenvalue weighted by molar-refractivity contribution is -0.363. The molecule has 1 aliphatic rings. The fourth-order valence-corrected chi connectivity index (χ4v) is 3.43. The van der Waals surface area contributed by atoms with Gasteiger partial charge in [0.15, 0.2) is 0 Å². The quantitative estimate of drug-likeness (QED) is 0.722. The number of nitrogens with zero attached hydrogens (tertiary/aromatic N) is 3. The van der Waals surface area contributed by atoms with Gasteiger partial charge in [0.25, 0.3) is 11.4 Å². The third kappa shape index (κ3) is 3.59. The Morgan fingerprint density at radius 2 is 1.93 bits per heavy atom. The summed E-state index contributed by atoms with van der Waals surface area (Å²) in [6.07, 6.45) is 1.91. The van der Waals surface area contributed by atoms with Crippen LogP contribution in [0.1, 0.15) is 5.69 Å². The lowest BCUT2D eigenvalue weighted by Crippen LogP contribution is -2.40. The molecular weight excluding hydrogens is 358 g/mol. The Morgan fingerprint density at radius 1 is 1.18 bits per heavy atom. The molecule has 1 fully saturated rings. The number of aryl methyl sites for hydroxylation is 1. The molecule has 28 heavy (non-hydrogen) atoms. The van der Waals surface area contributed by atoms with E-state index in [1.807, 2.05) is 36.5 Å². The van der Waals surface area contributed by atoms with Gasteiger partial charge in [-0.05, 0) is 18.2 Å². The van der Waals surface area contributed by atoms with E-state index in [9.17, 15) is 9.59 Å². The lowest BCUT2D eigenvalue weighted by atomic mass is 10.1. The van der Waals surface area contributed by atoms with Crippen LogP contribution in [-0.4, -0.2) is 42.0 Å². The minimum absolute atomic E-state index is 0.0755. The third-order valence-corrected chi connectivity index (χ3v) is 4.80. The summed E-state index contributed by atoms with van der Waals surface area (Å²) < 4.78 is 6.68. The number of carbonyl (C=O) groups excluding carboxylic acids is 1. The number of ether oxygens (including phenoxy) is 1. The largest absolute Gasteiger partial charge is 0.373 e. The Balaban J connectivity index is 1.59. The Labute approximate surface area is 161 Å². The fourth-order valence-electron chi connectivity index (χ4n) is 3.43. The van der Waals surface area contributed by atoms with Gasteiger partial charge in [-0.3, -0.25) is 14.5 Å². The highest BCUT2D eigenvalue weighted by atomic mass is 16.5. The molecule has 3 heterocycles. The van der Waals surface area contributed by atoms with Gasteiger partial charge in [0.1, 0.15) is 18.8 Å². The summed E-state index contributed by atoms with van der Waals surface area (Å²) in [4.78, 5) is 30.4. The average Bonchev–Trinajstić information content (AvgIpc) is 2.73. The van der Waals surface area contributed by atoms with Crippen molar-refractivity contribution in [3.8, 4) is 0 Å². The molecule has 4 rings (SSSR count). The highest BCUT2D eigenvalue weighted by Crippen LogP contribution is 2.21. The van der Waals surface area contributed by atoms with Crippen molar-refractivity contribution in [1.29, 1.82) is 0 Å². The first kappa shape index (κ1) is 18.1. The number of hydrogen-bond donors (Lipinski definition) is 1. The van der Waals surface area contributed by atoms with E-state index in [4.69, 9.17) is 4.74 Å². The second kappa shape index (κ2) is 7.77. The van der Waals surface area contributed by atoms with E-state index >= 15 is 0 Å². The summed E-state index contributed by atoms with van der Waals surface area (Å²) in [5.41, 5.74) is 1.11. The smallest absolute Gasteiger partial charge is 0.298 e. The summed E-state index contributed by atoms with van der Waals surface area (Å²) in [6.45, 7) is 2.83. The first-order valence-corrected chi connectivity index (χ1v) is 9.21. The monoisotopic (exact) mass is 380 g/mol. The number of H-pyrrole nitrogens is 1. The summed E-state index contributed by atoms with van der Waals surface area (Å²) >= 11 is 0. The van der Waals surface area contributed by atoms with Crippen LogP contribution in [0, 0.1) is 0 Å². The average molecular weight is 380 g/mol. The molecule has 2 N–H and O–H groups in total. The lowest BCUT2D eigenvalue weighted by Gasteiger charge is -2.22. The van der Waals surface area contributed by atoms with Gasteiger partial charge in [-0.1, -0.05) is 18.2 Å². The van der Waals surface area contributed by atoms with Crippen molar-refractivity contribution in [2.24, 2.45) is 7.05 Å². The number of aromatic amines is 1. The van der Waals surface area contributed by atoms with Crippen LogP contribution in [0.4, 0.5) is 11.5 Å². The van der Waals surface area contributed by atoms with Crippen molar-refractivity contribution < 1.29 is 14.5 Å². The maximum absolute atomic E-state index is 12.8. The molecule has 8 nitrogen and oxygen atoms in total. The number of amides is 1. The SMILES string of the molecule is Cn1nc(CC(=O)Nc2ccc[nH+]c2N2CCOCC2)c2ccccc2c1=O. The molecule has 1 saturated heterocycles. The van der Waals surface area contributed by atoms with Crippen molar-refractivity contribution in [1.82, 2.24) is 9.78 Å². The number of rotatable bonds is 4. The van der Waals surface area contributed by atoms with E-state index in [1.165, 1.54) is 4.68 Å².